The fraction of sp³-hybridized carbons (Fsp3) is 1.00. The van der Waals surface area contributed by atoms with E-state index in [0.717, 1.165) is 23.9 Å². The maximum Gasteiger partial charge on any atom is 0.0126 e. The third-order valence-corrected chi connectivity index (χ3v) is 5.68. The number of rotatable bonds is 5. The molecule has 0 amide bonds. The molecule has 0 aliphatic heterocycles. The van der Waals surface area contributed by atoms with Gasteiger partial charge in [-0.2, -0.15) is 0 Å². The molecule has 0 aromatic rings. The fourth-order valence-electron chi connectivity index (χ4n) is 4.52. The van der Waals surface area contributed by atoms with Gasteiger partial charge in [0.15, 0.2) is 0 Å². The van der Waals surface area contributed by atoms with Crippen molar-refractivity contribution in [3.8, 4) is 0 Å². The van der Waals surface area contributed by atoms with Crippen molar-refractivity contribution in [3.05, 3.63) is 0 Å². The summed E-state index contributed by atoms with van der Waals surface area (Å²) in [6.45, 7) is 4.86. The van der Waals surface area contributed by atoms with Crippen LogP contribution in [0.3, 0.4) is 0 Å². The Morgan fingerprint density at radius 2 is 1.72 bits per heavy atom. The van der Waals surface area contributed by atoms with E-state index in [9.17, 15) is 0 Å². The molecule has 1 heteroatoms. The molecule has 0 aromatic carbocycles. The zero-order valence-corrected chi connectivity index (χ0v) is 12.8. The quantitative estimate of drug-likeness (QED) is 0.675. The number of hydrogen-bond donors (Lipinski definition) is 0. The molecule has 2 aliphatic carbocycles. The summed E-state index contributed by atoms with van der Waals surface area (Å²) in [4.78, 5) is 2.80. The second kappa shape index (κ2) is 6.93. The lowest BCUT2D eigenvalue weighted by Gasteiger charge is -2.41. The van der Waals surface area contributed by atoms with Crippen molar-refractivity contribution in [1.82, 2.24) is 4.90 Å². The highest BCUT2D eigenvalue weighted by Crippen LogP contribution is 2.38. The average molecular weight is 251 g/mol. The molecule has 0 spiro atoms. The Kier molecular flexibility index (Phi) is 5.54. The highest BCUT2D eigenvalue weighted by atomic mass is 15.2. The van der Waals surface area contributed by atoms with Crippen LogP contribution >= 0.6 is 0 Å². The van der Waals surface area contributed by atoms with E-state index in [1.165, 1.54) is 64.2 Å². The normalized spacial score (nSPS) is 32.0. The van der Waals surface area contributed by atoms with E-state index in [-0.39, 0.29) is 0 Å². The first-order valence-corrected chi connectivity index (χ1v) is 8.46. The van der Waals surface area contributed by atoms with Crippen LogP contribution in [-0.4, -0.2) is 24.0 Å². The van der Waals surface area contributed by atoms with Crippen molar-refractivity contribution >= 4 is 0 Å². The maximum atomic E-state index is 2.80. The smallest absolute Gasteiger partial charge is 0.0126 e. The molecule has 0 heterocycles. The van der Waals surface area contributed by atoms with Gasteiger partial charge in [0.05, 0.1) is 0 Å². The van der Waals surface area contributed by atoms with Gasteiger partial charge < -0.3 is 4.90 Å². The summed E-state index contributed by atoms with van der Waals surface area (Å²) < 4.78 is 0. The minimum Gasteiger partial charge on any atom is -0.300 e. The maximum absolute atomic E-state index is 2.80. The third kappa shape index (κ3) is 3.29. The van der Waals surface area contributed by atoms with E-state index < -0.39 is 0 Å². The van der Waals surface area contributed by atoms with Gasteiger partial charge in [-0.1, -0.05) is 52.4 Å². The van der Waals surface area contributed by atoms with Gasteiger partial charge in [-0.15, -0.1) is 0 Å². The minimum atomic E-state index is 0.871. The summed E-state index contributed by atoms with van der Waals surface area (Å²) >= 11 is 0. The first-order valence-electron chi connectivity index (χ1n) is 8.46. The molecule has 3 unspecified atom stereocenters. The van der Waals surface area contributed by atoms with Crippen LogP contribution in [0.1, 0.15) is 78.1 Å². The summed E-state index contributed by atoms with van der Waals surface area (Å²) in [5, 5.41) is 0. The zero-order valence-electron chi connectivity index (χ0n) is 12.8. The summed E-state index contributed by atoms with van der Waals surface area (Å²) in [7, 11) is 2.43. The molecular formula is C17H33N. The number of nitrogens with zero attached hydrogens (tertiary/aromatic N) is 1. The lowest BCUT2D eigenvalue weighted by molar-refractivity contribution is 0.0787. The Hall–Kier alpha value is -0.0400. The number of hydrogen-bond acceptors (Lipinski definition) is 1. The third-order valence-electron chi connectivity index (χ3n) is 5.68. The van der Waals surface area contributed by atoms with Gasteiger partial charge in [-0.25, -0.2) is 0 Å². The van der Waals surface area contributed by atoms with Crippen LogP contribution in [0.2, 0.25) is 0 Å². The summed E-state index contributed by atoms with van der Waals surface area (Å²) in [5.41, 5.74) is 0. The molecule has 3 atom stereocenters. The van der Waals surface area contributed by atoms with E-state index in [1.807, 2.05) is 0 Å². The van der Waals surface area contributed by atoms with Crippen molar-refractivity contribution < 1.29 is 0 Å². The second-order valence-electron chi connectivity index (χ2n) is 6.89. The first kappa shape index (κ1) is 14.4. The van der Waals surface area contributed by atoms with Gasteiger partial charge in [0.25, 0.3) is 0 Å². The Labute approximate surface area is 114 Å². The molecule has 0 aromatic heterocycles. The first-order chi connectivity index (χ1) is 8.74. The molecule has 0 saturated heterocycles. The highest BCUT2D eigenvalue weighted by Gasteiger charge is 2.35. The lowest BCUT2D eigenvalue weighted by atomic mass is 9.84. The fourth-order valence-corrected chi connectivity index (χ4v) is 4.52. The zero-order chi connectivity index (χ0) is 13.0. The SMILES string of the molecule is CCCC(C1CCCC1C)N(C)C1CCCCC1. The van der Waals surface area contributed by atoms with Crippen LogP contribution in [0.25, 0.3) is 0 Å². The van der Waals surface area contributed by atoms with Crippen LogP contribution in [-0.2, 0) is 0 Å². The van der Waals surface area contributed by atoms with Crippen molar-refractivity contribution in [2.45, 2.75) is 90.1 Å². The van der Waals surface area contributed by atoms with Crippen molar-refractivity contribution in [2.75, 3.05) is 7.05 Å². The van der Waals surface area contributed by atoms with Gasteiger partial charge in [-0.05, 0) is 44.6 Å². The molecule has 2 rings (SSSR count). The standard InChI is InChI=1S/C17H33N/c1-4-9-17(16-13-8-10-14(16)2)18(3)15-11-6-5-7-12-15/h14-17H,4-13H2,1-3H3. The van der Waals surface area contributed by atoms with E-state index in [2.05, 4.69) is 25.8 Å². The van der Waals surface area contributed by atoms with Gasteiger partial charge in [0.1, 0.15) is 0 Å². The van der Waals surface area contributed by atoms with Crippen molar-refractivity contribution in [1.29, 1.82) is 0 Å². The molecule has 2 fully saturated rings. The monoisotopic (exact) mass is 251 g/mol. The molecule has 0 N–H and O–H groups in total. The molecule has 106 valence electrons. The van der Waals surface area contributed by atoms with Crippen LogP contribution in [0.5, 0.6) is 0 Å². The Morgan fingerprint density at radius 3 is 2.28 bits per heavy atom. The van der Waals surface area contributed by atoms with E-state index in [1.54, 1.807) is 0 Å². The van der Waals surface area contributed by atoms with Crippen LogP contribution in [0, 0.1) is 11.8 Å². The average Bonchev–Trinajstić information content (AvgIpc) is 2.82. The van der Waals surface area contributed by atoms with Gasteiger partial charge in [0, 0.05) is 12.1 Å². The van der Waals surface area contributed by atoms with Crippen LogP contribution in [0.4, 0.5) is 0 Å². The Bertz CT molecular complexity index is 232. The lowest BCUT2D eigenvalue weighted by Crippen LogP contribution is -2.45. The predicted octanol–water partition coefficient (Wildman–Crippen LogP) is 4.86. The largest absolute Gasteiger partial charge is 0.300 e. The molecule has 2 aliphatic rings. The van der Waals surface area contributed by atoms with E-state index >= 15 is 0 Å². The predicted molar refractivity (Wildman–Crippen MR) is 79.8 cm³/mol. The summed E-state index contributed by atoms with van der Waals surface area (Å²) in [6.07, 6.45) is 14.5. The molecule has 1 nitrogen and oxygen atoms in total. The molecule has 18 heavy (non-hydrogen) atoms. The van der Waals surface area contributed by atoms with Crippen LogP contribution < -0.4 is 0 Å². The molecule has 2 saturated carbocycles. The molecule has 0 radical (unpaired) electrons. The Morgan fingerprint density at radius 1 is 1.00 bits per heavy atom. The van der Waals surface area contributed by atoms with E-state index in [4.69, 9.17) is 0 Å². The van der Waals surface area contributed by atoms with Gasteiger partial charge in [0.2, 0.25) is 0 Å². The molecule has 0 bridgehead atoms. The highest BCUT2D eigenvalue weighted by molar-refractivity contribution is 4.88. The topological polar surface area (TPSA) is 3.24 Å². The van der Waals surface area contributed by atoms with Crippen LogP contribution in [0.15, 0.2) is 0 Å². The second-order valence-corrected chi connectivity index (χ2v) is 6.89. The summed E-state index contributed by atoms with van der Waals surface area (Å²) in [6, 6.07) is 1.76. The van der Waals surface area contributed by atoms with E-state index in [0.29, 0.717) is 0 Å². The van der Waals surface area contributed by atoms with Crippen molar-refractivity contribution in [3.63, 3.8) is 0 Å². The molecular weight excluding hydrogens is 218 g/mol. The summed E-state index contributed by atoms with van der Waals surface area (Å²) in [5.74, 6) is 1.95. The Balaban J connectivity index is 1.98. The van der Waals surface area contributed by atoms with Gasteiger partial charge in [-0.3, -0.25) is 0 Å². The van der Waals surface area contributed by atoms with Crippen molar-refractivity contribution in [2.24, 2.45) is 11.8 Å². The van der Waals surface area contributed by atoms with Gasteiger partial charge >= 0.3 is 0 Å². The minimum absolute atomic E-state index is 0.871.